The molecule has 0 atom stereocenters. The number of halogens is 1. The topological polar surface area (TPSA) is 97.1 Å². The van der Waals surface area contributed by atoms with Crippen LogP contribution in [0.2, 0.25) is 5.02 Å². The van der Waals surface area contributed by atoms with Gasteiger partial charge in [0.05, 0.1) is 11.9 Å². The molecule has 136 valence electrons. The van der Waals surface area contributed by atoms with E-state index in [2.05, 4.69) is 20.3 Å². The Kier molecular flexibility index (Phi) is 4.25. The third kappa shape index (κ3) is 3.11. The number of piperazine rings is 1. The van der Waals surface area contributed by atoms with Gasteiger partial charge in [-0.1, -0.05) is 16.8 Å². The molecule has 26 heavy (non-hydrogen) atoms. The molecule has 0 radical (unpaired) electrons. The summed E-state index contributed by atoms with van der Waals surface area (Å²) in [5, 5.41) is 9.07. The number of hydrogen-bond acceptors (Lipinski definition) is 7. The number of sulfonamides is 1. The van der Waals surface area contributed by atoms with Gasteiger partial charge < -0.3 is 4.90 Å². The molecule has 0 N–H and O–H groups in total. The summed E-state index contributed by atoms with van der Waals surface area (Å²) in [4.78, 5) is 10.7. The summed E-state index contributed by atoms with van der Waals surface area (Å²) in [5.41, 5.74) is 1.96. The van der Waals surface area contributed by atoms with Crippen molar-refractivity contribution >= 4 is 38.6 Å². The fourth-order valence-electron chi connectivity index (χ4n) is 2.96. The van der Waals surface area contributed by atoms with E-state index in [-0.39, 0.29) is 0 Å². The van der Waals surface area contributed by atoms with Gasteiger partial charge in [0.1, 0.15) is 6.33 Å². The molecule has 3 aromatic rings. The van der Waals surface area contributed by atoms with Gasteiger partial charge in [-0.05, 0) is 24.3 Å². The fraction of sp³-hybridized carbons (Fsp3) is 0.333. The molecule has 1 fully saturated rings. The Balaban J connectivity index is 1.67. The molecule has 1 aliphatic heterocycles. The Labute approximate surface area is 155 Å². The van der Waals surface area contributed by atoms with Crippen molar-refractivity contribution < 1.29 is 8.42 Å². The van der Waals surface area contributed by atoms with Gasteiger partial charge >= 0.3 is 0 Å². The lowest BCUT2D eigenvalue weighted by atomic mass is 10.3. The van der Waals surface area contributed by atoms with Crippen LogP contribution in [-0.2, 0) is 10.0 Å². The second-order valence-electron chi connectivity index (χ2n) is 6.00. The van der Waals surface area contributed by atoms with Crippen LogP contribution in [0.5, 0.6) is 0 Å². The summed E-state index contributed by atoms with van der Waals surface area (Å²) in [6.07, 6.45) is 2.69. The van der Waals surface area contributed by atoms with Crippen LogP contribution < -0.4 is 4.90 Å². The minimum atomic E-state index is -3.18. The van der Waals surface area contributed by atoms with E-state index in [1.54, 1.807) is 16.8 Å². The first-order valence-electron chi connectivity index (χ1n) is 7.96. The predicted molar refractivity (Wildman–Crippen MR) is 98.1 cm³/mol. The number of fused-ring (bicyclic) bond motifs is 1. The molecule has 0 saturated carbocycles. The van der Waals surface area contributed by atoms with Crippen molar-refractivity contribution in [2.24, 2.45) is 0 Å². The molecule has 3 heterocycles. The largest absolute Gasteiger partial charge is 0.352 e. The maximum absolute atomic E-state index is 11.7. The Morgan fingerprint density at radius 1 is 1.04 bits per heavy atom. The summed E-state index contributed by atoms with van der Waals surface area (Å²) in [7, 11) is -3.18. The van der Waals surface area contributed by atoms with Gasteiger partial charge in [-0.15, -0.1) is 5.10 Å². The molecular weight excluding hydrogens is 378 g/mol. The molecule has 4 rings (SSSR count). The molecule has 0 spiro atoms. The normalized spacial score (nSPS) is 16.3. The molecule has 1 aliphatic rings. The molecule has 2 aromatic heterocycles. The Morgan fingerprint density at radius 3 is 2.38 bits per heavy atom. The monoisotopic (exact) mass is 393 g/mol. The van der Waals surface area contributed by atoms with E-state index in [0.29, 0.717) is 48.2 Å². The summed E-state index contributed by atoms with van der Waals surface area (Å²) < 4.78 is 26.4. The highest BCUT2D eigenvalue weighted by Crippen LogP contribution is 2.24. The van der Waals surface area contributed by atoms with E-state index >= 15 is 0 Å². The summed E-state index contributed by atoms with van der Waals surface area (Å²) in [6.45, 7) is 1.89. The van der Waals surface area contributed by atoms with E-state index in [9.17, 15) is 8.42 Å². The zero-order chi connectivity index (χ0) is 18.3. The highest BCUT2D eigenvalue weighted by atomic mass is 35.5. The third-order valence-corrected chi connectivity index (χ3v) is 5.85. The first kappa shape index (κ1) is 17.1. The highest BCUT2D eigenvalue weighted by molar-refractivity contribution is 7.88. The molecule has 9 nitrogen and oxygen atoms in total. The molecule has 11 heteroatoms. The van der Waals surface area contributed by atoms with E-state index < -0.39 is 10.0 Å². The van der Waals surface area contributed by atoms with Crippen molar-refractivity contribution in [3.05, 3.63) is 35.6 Å². The van der Waals surface area contributed by atoms with Gasteiger partial charge in [-0.3, -0.25) is 0 Å². The standard InChI is InChI=1S/C15H16ClN7O2S/c1-26(24,25)22-8-6-21(7-9-22)14-13-15(18-10-17-14)23(20-19-13)12-4-2-11(16)3-5-12/h2-5,10H,6-9H2,1H3. The smallest absolute Gasteiger partial charge is 0.211 e. The average Bonchev–Trinajstić information content (AvgIpc) is 3.06. The highest BCUT2D eigenvalue weighted by Gasteiger charge is 2.26. The quantitative estimate of drug-likeness (QED) is 0.653. The SMILES string of the molecule is CS(=O)(=O)N1CCN(c2ncnc3c2nnn3-c2ccc(Cl)cc2)CC1. The predicted octanol–water partition coefficient (Wildman–Crippen LogP) is 0.946. The number of hydrogen-bond donors (Lipinski definition) is 0. The minimum absolute atomic E-state index is 0.412. The number of anilines is 1. The van der Waals surface area contributed by atoms with Crippen LogP contribution in [0.1, 0.15) is 0 Å². The van der Waals surface area contributed by atoms with Crippen molar-refractivity contribution in [1.29, 1.82) is 0 Å². The van der Waals surface area contributed by atoms with Crippen LogP contribution in [0.15, 0.2) is 30.6 Å². The van der Waals surface area contributed by atoms with E-state index in [4.69, 9.17) is 11.6 Å². The molecule has 0 bridgehead atoms. The van der Waals surface area contributed by atoms with E-state index in [0.717, 1.165) is 5.69 Å². The lowest BCUT2D eigenvalue weighted by Gasteiger charge is -2.33. The summed E-state index contributed by atoms with van der Waals surface area (Å²) >= 11 is 5.94. The third-order valence-electron chi connectivity index (χ3n) is 4.30. The van der Waals surface area contributed by atoms with Crippen molar-refractivity contribution in [2.45, 2.75) is 0 Å². The first-order valence-corrected chi connectivity index (χ1v) is 10.2. The number of aromatic nitrogens is 5. The van der Waals surface area contributed by atoms with Gasteiger partial charge in [0.15, 0.2) is 17.0 Å². The second-order valence-corrected chi connectivity index (χ2v) is 8.42. The van der Waals surface area contributed by atoms with Crippen molar-refractivity contribution in [2.75, 3.05) is 37.3 Å². The Morgan fingerprint density at radius 2 is 1.73 bits per heavy atom. The van der Waals surface area contributed by atoms with Crippen LogP contribution in [0.3, 0.4) is 0 Å². The van der Waals surface area contributed by atoms with Crippen LogP contribution in [0, 0.1) is 0 Å². The van der Waals surface area contributed by atoms with Crippen LogP contribution in [0.4, 0.5) is 5.82 Å². The maximum atomic E-state index is 11.7. The van der Waals surface area contributed by atoms with Gasteiger partial charge in [0, 0.05) is 31.2 Å². The van der Waals surface area contributed by atoms with E-state index in [1.807, 2.05) is 17.0 Å². The van der Waals surface area contributed by atoms with E-state index in [1.165, 1.54) is 16.9 Å². The Bertz CT molecular complexity index is 1040. The van der Waals surface area contributed by atoms with Crippen LogP contribution >= 0.6 is 11.6 Å². The molecule has 0 unspecified atom stereocenters. The van der Waals surface area contributed by atoms with Crippen molar-refractivity contribution in [1.82, 2.24) is 29.3 Å². The molecule has 0 amide bonds. The molecule has 1 saturated heterocycles. The second kappa shape index (κ2) is 6.45. The molecule has 1 aromatic carbocycles. The average molecular weight is 394 g/mol. The maximum Gasteiger partial charge on any atom is 0.211 e. The van der Waals surface area contributed by atoms with Gasteiger partial charge in [0.25, 0.3) is 0 Å². The summed E-state index contributed by atoms with van der Waals surface area (Å²) in [6, 6.07) is 7.22. The van der Waals surface area contributed by atoms with Crippen molar-refractivity contribution in [3.8, 4) is 5.69 Å². The summed E-state index contributed by atoms with van der Waals surface area (Å²) in [5.74, 6) is 0.656. The zero-order valence-corrected chi connectivity index (χ0v) is 15.5. The zero-order valence-electron chi connectivity index (χ0n) is 13.9. The lowest BCUT2D eigenvalue weighted by Crippen LogP contribution is -2.48. The number of rotatable bonds is 3. The first-order chi connectivity index (χ1) is 12.4. The number of benzene rings is 1. The van der Waals surface area contributed by atoms with Gasteiger partial charge in [-0.2, -0.15) is 8.99 Å². The minimum Gasteiger partial charge on any atom is -0.352 e. The van der Waals surface area contributed by atoms with Gasteiger partial charge in [0.2, 0.25) is 10.0 Å². The fourth-order valence-corrected chi connectivity index (χ4v) is 3.91. The lowest BCUT2D eigenvalue weighted by molar-refractivity contribution is 0.387. The molecular formula is C15H16ClN7O2S. The van der Waals surface area contributed by atoms with Crippen LogP contribution in [0.25, 0.3) is 16.9 Å². The molecule has 0 aliphatic carbocycles. The van der Waals surface area contributed by atoms with Crippen molar-refractivity contribution in [3.63, 3.8) is 0 Å². The Hall–Kier alpha value is -2.30. The van der Waals surface area contributed by atoms with Gasteiger partial charge in [-0.25, -0.2) is 18.4 Å². The van der Waals surface area contributed by atoms with Crippen LogP contribution in [-0.4, -0.2) is 70.1 Å². The number of nitrogens with zero attached hydrogens (tertiary/aromatic N) is 7.